The Hall–Kier alpha value is 0.200. The lowest BCUT2D eigenvalue weighted by Gasteiger charge is -2.06. The van der Waals surface area contributed by atoms with E-state index in [0.29, 0.717) is 16.9 Å². The molecule has 0 radical (unpaired) electrons. The number of ether oxygens (including phenoxy) is 2. The van der Waals surface area contributed by atoms with Crippen molar-refractivity contribution in [2.45, 2.75) is 20.8 Å². The first-order valence-electron chi connectivity index (χ1n) is 4.54. The van der Waals surface area contributed by atoms with E-state index < -0.39 is 0 Å². The Morgan fingerprint density at radius 1 is 1.46 bits per heavy atom. The molecule has 0 aliphatic rings. The Morgan fingerprint density at radius 3 is 2.69 bits per heavy atom. The van der Waals surface area contributed by atoms with Crippen LogP contribution in [0, 0.1) is 5.92 Å². The maximum absolute atomic E-state index is 5.39. The van der Waals surface area contributed by atoms with Crippen LogP contribution in [0.3, 0.4) is 0 Å². The van der Waals surface area contributed by atoms with Gasteiger partial charge in [0, 0.05) is 12.4 Å². The Labute approximate surface area is 90.4 Å². The number of hydrogen-bond donors (Lipinski definition) is 0. The summed E-state index contributed by atoms with van der Waals surface area (Å²) >= 11 is 6.48. The predicted octanol–water partition coefficient (Wildman–Crippen LogP) is 2.71. The first kappa shape index (κ1) is 13.2. The fourth-order valence-corrected chi connectivity index (χ4v) is 1.60. The summed E-state index contributed by atoms with van der Waals surface area (Å²) in [4.78, 5) is 0. The van der Waals surface area contributed by atoms with Gasteiger partial charge in [-0.25, -0.2) is 0 Å². The van der Waals surface area contributed by atoms with Gasteiger partial charge in [0.15, 0.2) is 0 Å². The Morgan fingerprint density at radius 2 is 2.15 bits per heavy atom. The van der Waals surface area contributed by atoms with Gasteiger partial charge >= 0.3 is 0 Å². The molecule has 0 fully saturated rings. The summed E-state index contributed by atoms with van der Waals surface area (Å²) in [7, 11) is 0. The van der Waals surface area contributed by atoms with Crippen molar-refractivity contribution < 1.29 is 9.47 Å². The average Bonchev–Trinajstić information content (AvgIpc) is 2.03. The molecule has 0 aliphatic heterocycles. The number of thioether (sulfide) groups is 1. The van der Waals surface area contributed by atoms with Gasteiger partial charge in [0.1, 0.15) is 0 Å². The molecule has 0 saturated carbocycles. The molecule has 0 spiro atoms. The highest BCUT2D eigenvalue weighted by Gasteiger charge is 1.98. The number of rotatable bonds is 6. The van der Waals surface area contributed by atoms with Crippen LogP contribution in [0.5, 0.6) is 0 Å². The Bertz CT molecular complexity index is 138. The lowest BCUT2D eigenvalue weighted by Crippen LogP contribution is -2.06. The fourth-order valence-electron chi connectivity index (χ4n) is 0.662. The van der Waals surface area contributed by atoms with Crippen molar-refractivity contribution in [3.8, 4) is 0 Å². The minimum atomic E-state index is 0.601. The summed E-state index contributed by atoms with van der Waals surface area (Å²) in [6, 6.07) is 0. The molecule has 0 bridgehead atoms. The molecule has 0 heterocycles. The minimum Gasteiger partial charge on any atom is -0.479 e. The predicted molar refractivity (Wildman–Crippen MR) is 62.3 cm³/mol. The zero-order chi connectivity index (χ0) is 10.1. The Kier molecular flexibility index (Phi) is 8.92. The highest BCUT2D eigenvalue weighted by Crippen LogP contribution is 2.05. The summed E-state index contributed by atoms with van der Waals surface area (Å²) in [5.41, 5.74) is 0. The zero-order valence-corrected chi connectivity index (χ0v) is 10.2. The van der Waals surface area contributed by atoms with E-state index in [4.69, 9.17) is 21.7 Å². The van der Waals surface area contributed by atoms with E-state index in [2.05, 4.69) is 13.8 Å². The fraction of sp³-hybridized carbons (Fsp3) is 0.889. The number of thiocarbonyl (C=S) groups is 1. The van der Waals surface area contributed by atoms with E-state index in [1.54, 1.807) is 0 Å². The van der Waals surface area contributed by atoms with Crippen LogP contribution >= 0.6 is 24.0 Å². The highest BCUT2D eigenvalue weighted by molar-refractivity contribution is 8.22. The molecule has 13 heavy (non-hydrogen) atoms. The van der Waals surface area contributed by atoms with Crippen LogP contribution in [-0.2, 0) is 9.47 Å². The van der Waals surface area contributed by atoms with Crippen LogP contribution in [-0.4, -0.2) is 30.0 Å². The SMILES string of the molecule is CCOC(=S)SCCOCC(C)C. The van der Waals surface area contributed by atoms with E-state index in [1.165, 1.54) is 11.8 Å². The van der Waals surface area contributed by atoms with Crippen molar-refractivity contribution in [2.75, 3.05) is 25.6 Å². The molecule has 0 aliphatic carbocycles. The van der Waals surface area contributed by atoms with Crippen molar-refractivity contribution >= 4 is 28.4 Å². The van der Waals surface area contributed by atoms with Gasteiger partial charge in [0.25, 0.3) is 0 Å². The maximum Gasteiger partial charge on any atom is 0.220 e. The summed E-state index contributed by atoms with van der Waals surface area (Å²) in [6.07, 6.45) is 0. The molecule has 0 unspecified atom stereocenters. The number of hydrogen-bond acceptors (Lipinski definition) is 4. The molecule has 0 amide bonds. The molecule has 0 rings (SSSR count). The molecule has 0 aromatic rings. The molecule has 0 aromatic heterocycles. The molecular weight excluding hydrogens is 204 g/mol. The van der Waals surface area contributed by atoms with Gasteiger partial charge < -0.3 is 9.47 Å². The topological polar surface area (TPSA) is 18.5 Å². The molecule has 0 aromatic carbocycles. The van der Waals surface area contributed by atoms with Crippen LogP contribution < -0.4 is 0 Å². The normalized spacial score (nSPS) is 10.5. The van der Waals surface area contributed by atoms with Gasteiger partial charge in [0.2, 0.25) is 4.38 Å². The van der Waals surface area contributed by atoms with E-state index in [9.17, 15) is 0 Å². The van der Waals surface area contributed by atoms with Crippen LogP contribution in [0.1, 0.15) is 20.8 Å². The summed E-state index contributed by atoms with van der Waals surface area (Å²) < 4.78 is 11.1. The minimum absolute atomic E-state index is 0.601. The maximum atomic E-state index is 5.39. The first-order valence-corrected chi connectivity index (χ1v) is 5.93. The highest BCUT2D eigenvalue weighted by atomic mass is 32.2. The molecule has 2 nitrogen and oxygen atoms in total. The van der Waals surface area contributed by atoms with Crippen molar-refractivity contribution in [2.24, 2.45) is 5.92 Å². The lowest BCUT2D eigenvalue weighted by atomic mass is 10.2. The quantitative estimate of drug-likeness (QED) is 0.508. The molecule has 0 atom stereocenters. The molecule has 4 heteroatoms. The molecule has 0 N–H and O–H groups in total. The average molecular weight is 222 g/mol. The van der Waals surface area contributed by atoms with Crippen LogP contribution in [0.25, 0.3) is 0 Å². The van der Waals surface area contributed by atoms with Gasteiger partial charge in [-0.15, -0.1) is 0 Å². The summed E-state index contributed by atoms with van der Waals surface area (Å²) in [5, 5.41) is 0. The third-order valence-corrected chi connectivity index (χ3v) is 2.36. The zero-order valence-electron chi connectivity index (χ0n) is 8.54. The van der Waals surface area contributed by atoms with Crippen molar-refractivity contribution in [1.29, 1.82) is 0 Å². The third kappa shape index (κ3) is 10.1. The van der Waals surface area contributed by atoms with Crippen molar-refractivity contribution in [3.63, 3.8) is 0 Å². The van der Waals surface area contributed by atoms with Crippen LogP contribution in [0.15, 0.2) is 0 Å². The van der Waals surface area contributed by atoms with Crippen LogP contribution in [0.4, 0.5) is 0 Å². The van der Waals surface area contributed by atoms with Gasteiger partial charge in [-0.05, 0) is 25.1 Å². The lowest BCUT2D eigenvalue weighted by molar-refractivity contribution is 0.124. The van der Waals surface area contributed by atoms with E-state index in [0.717, 1.165) is 19.0 Å². The Balaban J connectivity index is 3.11. The second-order valence-corrected chi connectivity index (χ2v) is 4.70. The van der Waals surface area contributed by atoms with Crippen molar-refractivity contribution in [1.82, 2.24) is 0 Å². The second kappa shape index (κ2) is 8.78. The second-order valence-electron chi connectivity index (χ2n) is 3.00. The third-order valence-electron chi connectivity index (χ3n) is 1.16. The molecule has 78 valence electrons. The van der Waals surface area contributed by atoms with Crippen LogP contribution in [0.2, 0.25) is 0 Å². The largest absolute Gasteiger partial charge is 0.479 e. The van der Waals surface area contributed by atoms with E-state index in [1.807, 2.05) is 6.92 Å². The molecule has 0 saturated heterocycles. The standard InChI is InChI=1S/C9H18O2S2/c1-4-11-9(12)13-6-5-10-7-8(2)3/h8H,4-7H2,1-3H3. The summed E-state index contributed by atoms with van der Waals surface area (Å²) in [5.74, 6) is 1.48. The van der Waals surface area contributed by atoms with Gasteiger partial charge in [-0.3, -0.25) is 0 Å². The van der Waals surface area contributed by atoms with Gasteiger partial charge in [-0.1, -0.05) is 25.6 Å². The smallest absolute Gasteiger partial charge is 0.220 e. The van der Waals surface area contributed by atoms with E-state index in [-0.39, 0.29) is 0 Å². The van der Waals surface area contributed by atoms with E-state index >= 15 is 0 Å². The van der Waals surface area contributed by atoms with Gasteiger partial charge in [-0.2, -0.15) is 0 Å². The molecular formula is C9H18O2S2. The van der Waals surface area contributed by atoms with Crippen molar-refractivity contribution in [3.05, 3.63) is 0 Å². The monoisotopic (exact) mass is 222 g/mol. The van der Waals surface area contributed by atoms with Gasteiger partial charge in [0.05, 0.1) is 13.2 Å². The first-order chi connectivity index (χ1) is 6.16. The summed E-state index contributed by atoms with van der Waals surface area (Å²) in [6.45, 7) is 8.43.